The molecule has 2 aliphatic rings. The Bertz CT molecular complexity index is 209. The fraction of sp³-hybridized carbons (Fsp3) is 1.00. The lowest BCUT2D eigenvalue weighted by Gasteiger charge is -2.32. The molecule has 0 aliphatic heterocycles. The van der Waals surface area contributed by atoms with Crippen LogP contribution in [0.4, 0.5) is 0 Å². The predicted molar refractivity (Wildman–Crippen MR) is 70.5 cm³/mol. The Morgan fingerprint density at radius 2 is 1.81 bits per heavy atom. The van der Waals surface area contributed by atoms with Crippen LogP contribution in [0.3, 0.4) is 0 Å². The molecule has 0 aromatic heterocycles. The normalized spacial score (nSPS) is 37.3. The molecule has 0 aromatic rings. The van der Waals surface area contributed by atoms with E-state index in [9.17, 15) is 0 Å². The van der Waals surface area contributed by atoms with E-state index in [1.54, 1.807) is 0 Å². The Labute approximate surface area is 101 Å². The second-order valence-corrected chi connectivity index (χ2v) is 6.44. The smallest absolute Gasteiger partial charge is 0.00924 e. The van der Waals surface area contributed by atoms with Gasteiger partial charge in [0.1, 0.15) is 0 Å². The van der Waals surface area contributed by atoms with Crippen molar-refractivity contribution in [2.75, 3.05) is 7.05 Å². The first-order valence-electron chi connectivity index (χ1n) is 7.38. The van der Waals surface area contributed by atoms with Crippen molar-refractivity contribution in [3.05, 3.63) is 0 Å². The van der Waals surface area contributed by atoms with Crippen molar-refractivity contribution >= 4 is 0 Å². The van der Waals surface area contributed by atoms with Gasteiger partial charge in [-0.3, -0.25) is 0 Å². The van der Waals surface area contributed by atoms with E-state index in [2.05, 4.69) is 26.2 Å². The molecule has 2 fully saturated rings. The topological polar surface area (TPSA) is 12.0 Å². The predicted octanol–water partition coefficient (Wildman–Crippen LogP) is 3.84. The molecule has 0 heterocycles. The molecule has 0 aromatic carbocycles. The molecule has 0 amide bonds. The third kappa shape index (κ3) is 3.23. The van der Waals surface area contributed by atoms with Gasteiger partial charge in [0.2, 0.25) is 0 Å². The highest BCUT2D eigenvalue weighted by Gasteiger charge is 2.31. The SMILES string of the molecule is CNC(CCC1CCC(C)C(C)C1)C1CC1. The number of hydrogen-bond acceptors (Lipinski definition) is 1. The molecule has 94 valence electrons. The molecule has 1 nitrogen and oxygen atoms in total. The zero-order chi connectivity index (χ0) is 11.5. The van der Waals surface area contributed by atoms with Crippen LogP contribution in [-0.4, -0.2) is 13.1 Å². The van der Waals surface area contributed by atoms with E-state index in [1.165, 1.54) is 44.9 Å². The summed E-state index contributed by atoms with van der Waals surface area (Å²) in [6.07, 6.45) is 10.3. The maximum Gasteiger partial charge on any atom is 0.00924 e. The monoisotopic (exact) mass is 223 g/mol. The summed E-state index contributed by atoms with van der Waals surface area (Å²) in [5.74, 6) is 3.98. The van der Waals surface area contributed by atoms with Gasteiger partial charge in [0.05, 0.1) is 0 Å². The van der Waals surface area contributed by atoms with Crippen molar-refractivity contribution in [3.8, 4) is 0 Å². The lowest BCUT2D eigenvalue weighted by molar-refractivity contribution is 0.193. The average molecular weight is 223 g/mol. The van der Waals surface area contributed by atoms with Crippen LogP contribution < -0.4 is 5.32 Å². The van der Waals surface area contributed by atoms with Crippen LogP contribution in [0.1, 0.15) is 58.8 Å². The van der Waals surface area contributed by atoms with Crippen LogP contribution in [0.15, 0.2) is 0 Å². The van der Waals surface area contributed by atoms with E-state index in [0.717, 1.165) is 29.7 Å². The van der Waals surface area contributed by atoms with Gasteiger partial charge in [-0.2, -0.15) is 0 Å². The Hall–Kier alpha value is -0.0400. The molecule has 4 unspecified atom stereocenters. The van der Waals surface area contributed by atoms with Gasteiger partial charge < -0.3 is 5.32 Å². The molecule has 0 radical (unpaired) electrons. The summed E-state index contributed by atoms with van der Waals surface area (Å²) >= 11 is 0. The van der Waals surface area contributed by atoms with Crippen LogP contribution >= 0.6 is 0 Å². The van der Waals surface area contributed by atoms with E-state index in [0.29, 0.717) is 0 Å². The van der Waals surface area contributed by atoms with Crippen LogP contribution in [0.2, 0.25) is 0 Å². The molecular weight excluding hydrogens is 194 g/mol. The van der Waals surface area contributed by atoms with E-state index in [-0.39, 0.29) is 0 Å². The quantitative estimate of drug-likeness (QED) is 0.747. The maximum absolute atomic E-state index is 3.52. The Morgan fingerprint density at radius 1 is 1.06 bits per heavy atom. The van der Waals surface area contributed by atoms with Crippen LogP contribution in [-0.2, 0) is 0 Å². The first-order valence-corrected chi connectivity index (χ1v) is 7.38. The molecule has 1 N–H and O–H groups in total. The summed E-state index contributed by atoms with van der Waals surface area (Å²) in [5.41, 5.74) is 0. The molecule has 0 bridgehead atoms. The maximum atomic E-state index is 3.52. The first kappa shape index (κ1) is 12.4. The van der Waals surface area contributed by atoms with Crippen molar-refractivity contribution in [1.82, 2.24) is 5.32 Å². The molecule has 1 heteroatoms. The van der Waals surface area contributed by atoms with E-state index < -0.39 is 0 Å². The van der Waals surface area contributed by atoms with Gasteiger partial charge in [0, 0.05) is 6.04 Å². The highest BCUT2D eigenvalue weighted by atomic mass is 14.9. The number of hydrogen-bond donors (Lipinski definition) is 1. The molecule has 0 spiro atoms. The molecular formula is C15H29N. The van der Waals surface area contributed by atoms with Gasteiger partial charge in [-0.05, 0) is 62.8 Å². The molecule has 16 heavy (non-hydrogen) atoms. The summed E-state index contributed by atoms with van der Waals surface area (Å²) in [6, 6.07) is 0.828. The minimum Gasteiger partial charge on any atom is -0.317 e. The van der Waals surface area contributed by atoms with Crippen molar-refractivity contribution in [3.63, 3.8) is 0 Å². The van der Waals surface area contributed by atoms with E-state index >= 15 is 0 Å². The lowest BCUT2D eigenvalue weighted by atomic mass is 9.74. The average Bonchev–Trinajstić information content (AvgIpc) is 3.08. The third-order valence-corrected chi connectivity index (χ3v) is 5.15. The minimum absolute atomic E-state index is 0.828. The highest BCUT2D eigenvalue weighted by molar-refractivity contribution is 4.86. The van der Waals surface area contributed by atoms with Gasteiger partial charge in [-0.1, -0.05) is 26.7 Å². The van der Waals surface area contributed by atoms with Gasteiger partial charge in [0.25, 0.3) is 0 Å². The van der Waals surface area contributed by atoms with Gasteiger partial charge in [-0.15, -0.1) is 0 Å². The Morgan fingerprint density at radius 3 is 2.38 bits per heavy atom. The third-order valence-electron chi connectivity index (χ3n) is 5.15. The Kier molecular flexibility index (Phi) is 4.29. The van der Waals surface area contributed by atoms with Gasteiger partial charge >= 0.3 is 0 Å². The van der Waals surface area contributed by atoms with Crippen molar-refractivity contribution in [2.24, 2.45) is 23.7 Å². The fourth-order valence-electron chi connectivity index (χ4n) is 3.45. The van der Waals surface area contributed by atoms with Crippen LogP contribution in [0.5, 0.6) is 0 Å². The van der Waals surface area contributed by atoms with Crippen molar-refractivity contribution in [1.29, 1.82) is 0 Å². The zero-order valence-electron chi connectivity index (χ0n) is 11.3. The molecule has 2 rings (SSSR count). The second-order valence-electron chi connectivity index (χ2n) is 6.44. The first-order chi connectivity index (χ1) is 7.70. The van der Waals surface area contributed by atoms with E-state index in [4.69, 9.17) is 0 Å². The largest absolute Gasteiger partial charge is 0.317 e. The molecule has 2 aliphatic carbocycles. The fourth-order valence-corrected chi connectivity index (χ4v) is 3.45. The summed E-state index contributed by atoms with van der Waals surface area (Å²) in [4.78, 5) is 0. The van der Waals surface area contributed by atoms with Gasteiger partial charge in [-0.25, -0.2) is 0 Å². The van der Waals surface area contributed by atoms with E-state index in [1.807, 2.05) is 0 Å². The minimum atomic E-state index is 0.828. The highest BCUT2D eigenvalue weighted by Crippen LogP contribution is 2.38. The lowest BCUT2D eigenvalue weighted by Crippen LogP contribution is -2.29. The molecule has 4 atom stereocenters. The zero-order valence-corrected chi connectivity index (χ0v) is 11.3. The molecule has 0 saturated heterocycles. The summed E-state index contributed by atoms with van der Waals surface area (Å²) in [5, 5.41) is 3.52. The van der Waals surface area contributed by atoms with Gasteiger partial charge in [0.15, 0.2) is 0 Å². The van der Waals surface area contributed by atoms with Crippen molar-refractivity contribution in [2.45, 2.75) is 64.8 Å². The second kappa shape index (κ2) is 5.53. The summed E-state index contributed by atoms with van der Waals surface area (Å²) < 4.78 is 0. The standard InChI is InChI=1S/C15H29N/c1-11-4-5-13(10-12(11)2)6-9-15(16-3)14-7-8-14/h11-16H,4-10H2,1-3H3. The summed E-state index contributed by atoms with van der Waals surface area (Å²) in [7, 11) is 2.15. The Balaban J connectivity index is 1.69. The summed E-state index contributed by atoms with van der Waals surface area (Å²) in [6.45, 7) is 4.88. The number of rotatable bonds is 5. The van der Waals surface area contributed by atoms with Crippen molar-refractivity contribution < 1.29 is 0 Å². The van der Waals surface area contributed by atoms with Crippen LogP contribution in [0.25, 0.3) is 0 Å². The van der Waals surface area contributed by atoms with Crippen LogP contribution in [0, 0.1) is 23.7 Å². The number of nitrogens with one attached hydrogen (secondary N) is 1. The molecule has 2 saturated carbocycles.